The SMILES string of the molecule is C#CC(C)(C)NC1c2ccccc2OC1(C)C. The highest BCUT2D eigenvalue weighted by Gasteiger charge is 2.42. The molecule has 1 aliphatic heterocycles. The lowest BCUT2D eigenvalue weighted by atomic mass is 9.91. The van der Waals surface area contributed by atoms with Gasteiger partial charge >= 0.3 is 0 Å². The van der Waals surface area contributed by atoms with Crippen molar-refractivity contribution in [2.45, 2.75) is 44.9 Å². The van der Waals surface area contributed by atoms with Gasteiger partial charge in [0.05, 0.1) is 11.6 Å². The molecule has 1 aliphatic rings. The number of rotatable bonds is 2. The van der Waals surface area contributed by atoms with Crippen LogP contribution in [-0.2, 0) is 0 Å². The van der Waals surface area contributed by atoms with Gasteiger partial charge in [0.1, 0.15) is 11.4 Å². The largest absolute Gasteiger partial charge is 0.486 e. The first kappa shape index (κ1) is 12.0. The molecule has 1 N–H and O–H groups in total. The van der Waals surface area contributed by atoms with Crippen LogP contribution in [0, 0.1) is 12.3 Å². The molecule has 0 spiro atoms. The van der Waals surface area contributed by atoms with Gasteiger partial charge in [-0.15, -0.1) is 6.42 Å². The second kappa shape index (κ2) is 3.78. The van der Waals surface area contributed by atoms with E-state index in [9.17, 15) is 0 Å². The molecule has 1 atom stereocenters. The smallest absolute Gasteiger partial charge is 0.125 e. The summed E-state index contributed by atoms with van der Waals surface area (Å²) in [6.07, 6.45) is 5.54. The molecule has 0 aliphatic carbocycles. The van der Waals surface area contributed by atoms with Crippen molar-refractivity contribution in [1.29, 1.82) is 0 Å². The molecule has 2 rings (SSSR count). The van der Waals surface area contributed by atoms with E-state index >= 15 is 0 Å². The van der Waals surface area contributed by atoms with Crippen molar-refractivity contribution in [1.82, 2.24) is 5.32 Å². The third-order valence-corrected chi connectivity index (χ3v) is 3.16. The molecule has 2 heteroatoms. The molecule has 90 valence electrons. The minimum absolute atomic E-state index is 0.116. The normalized spacial score (nSPS) is 21.5. The first-order valence-electron chi connectivity index (χ1n) is 5.89. The fraction of sp³-hybridized carbons (Fsp3) is 0.467. The summed E-state index contributed by atoms with van der Waals surface area (Å²) < 4.78 is 5.97. The van der Waals surface area contributed by atoms with Gasteiger partial charge in [-0.1, -0.05) is 24.1 Å². The van der Waals surface area contributed by atoms with Crippen LogP contribution in [0.15, 0.2) is 24.3 Å². The maximum Gasteiger partial charge on any atom is 0.125 e. The summed E-state index contributed by atoms with van der Waals surface area (Å²) in [5.74, 6) is 3.72. The Hall–Kier alpha value is -1.46. The standard InChI is InChI=1S/C15H19NO/c1-6-14(2,3)16-13-11-9-7-8-10-12(11)17-15(13,4)5/h1,7-10,13,16H,2-5H3. The summed E-state index contributed by atoms with van der Waals surface area (Å²) >= 11 is 0. The van der Waals surface area contributed by atoms with E-state index < -0.39 is 0 Å². The van der Waals surface area contributed by atoms with Crippen LogP contribution in [0.5, 0.6) is 5.75 Å². The highest BCUT2D eigenvalue weighted by Crippen LogP contribution is 2.43. The van der Waals surface area contributed by atoms with Crippen LogP contribution in [0.25, 0.3) is 0 Å². The van der Waals surface area contributed by atoms with Crippen LogP contribution in [0.2, 0.25) is 0 Å². The predicted octanol–water partition coefficient (Wildman–Crippen LogP) is 2.90. The number of fused-ring (bicyclic) bond motifs is 1. The molecule has 1 aromatic carbocycles. The van der Waals surface area contributed by atoms with Crippen molar-refractivity contribution >= 4 is 0 Å². The number of para-hydroxylation sites is 1. The fourth-order valence-electron chi connectivity index (χ4n) is 2.18. The maximum atomic E-state index is 5.97. The van der Waals surface area contributed by atoms with Crippen LogP contribution in [0.1, 0.15) is 39.3 Å². The fourth-order valence-corrected chi connectivity index (χ4v) is 2.18. The summed E-state index contributed by atoms with van der Waals surface area (Å²) in [7, 11) is 0. The Morgan fingerprint density at radius 3 is 2.65 bits per heavy atom. The number of nitrogens with one attached hydrogen (secondary N) is 1. The Morgan fingerprint density at radius 2 is 2.00 bits per heavy atom. The number of hydrogen-bond donors (Lipinski definition) is 1. The van der Waals surface area contributed by atoms with E-state index in [1.54, 1.807) is 0 Å². The molecule has 17 heavy (non-hydrogen) atoms. The van der Waals surface area contributed by atoms with Crippen molar-refractivity contribution in [3.63, 3.8) is 0 Å². The molecule has 0 aromatic heterocycles. The van der Waals surface area contributed by atoms with Crippen molar-refractivity contribution in [2.24, 2.45) is 0 Å². The second-order valence-corrected chi connectivity index (χ2v) is 5.59. The van der Waals surface area contributed by atoms with Gasteiger partial charge in [-0.3, -0.25) is 5.32 Å². The zero-order chi connectivity index (χ0) is 12.7. The number of hydrogen-bond acceptors (Lipinski definition) is 2. The van der Waals surface area contributed by atoms with Crippen LogP contribution in [0.4, 0.5) is 0 Å². The molecule has 2 nitrogen and oxygen atoms in total. The zero-order valence-electron chi connectivity index (χ0n) is 10.9. The van der Waals surface area contributed by atoms with Gasteiger partial charge < -0.3 is 4.74 Å². The lowest BCUT2D eigenvalue weighted by Crippen LogP contribution is -2.48. The van der Waals surface area contributed by atoms with Gasteiger partial charge in [-0.25, -0.2) is 0 Å². The molecule has 0 radical (unpaired) electrons. The summed E-state index contributed by atoms with van der Waals surface area (Å²) in [5.41, 5.74) is 0.557. The Bertz CT molecular complexity index is 468. The maximum absolute atomic E-state index is 5.97. The zero-order valence-corrected chi connectivity index (χ0v) is 10.9. The van der Waals surface area contributed by atoms with E-state index in [0.717, 1.165) is 5.75 Å². The summed E-state index contributed by atoms with van der Waals surface area (Å²) in [4.78, 5) is 0. The highest BCUT2D eigenvalue weighted by atomic mass is 16.5. The minimum atomic E-state index is -0.344. The Labute approximate surface area is 103 Å². The molecule has 0 saturated carbocycles. The van der Waals surface area contributed by atoms with Crippen molar-refractivity contribution in [3.05, 3.63) is 29.8 Å². The number of ether oxygens (including phenoxy) is 1. The van der Waals surface area contributed by atoms with E-state index in [1.807, 2.05) is 32.0 Å². The van der Waals surface area contributed by atoms with Gasteiger partial charge in [0, 0.05) is 5.56 Å². The van der Waals surface area contributed by atoms with E-state index in [-0.39, 0.29) is 17.2 Å². The molecule has 1 aromatic rings. The third-order valence-electron chi connectivity index (χ3n) is 3.16. The first-order valence-corrected chi connectivity index (χ1v) is 5.89. The van der Waals surface area contributed by atoms with Crippen LogP contribution < -0.4 is 10.1 Å². The van der Waals surface area contributed by atoms with Crippen LogP contribution >= 0.6 is 0 Å². The molecule has 0 fully saturated rings. The van der Waals surface area contributed by atoms with Gasteiger partial charge in [0.2, 0.25) is 0 Å². The Morgan fingerprint density at radius 1 is 1.35 bits per heavy atom. The van der Waals surface area contributed by atoms with E-state index in [0.29, 0.717) is 0 Å². The molecule has 0 amide bonds. The molecule has 1 heterocycles. The average molecular weight is 229 g/mol. The highest BCUT2D eigenvalue weighted by molar-refractivity contribution is 5.42. The van der Waals surface area contributed by atoms with E-state index in [2.05, 4.69) is 31.2 Å². The lowest BCUT2D eigenvalue weighted by Gasteiger charge is -2.32. The number of terminal acetylenes is 1. The van der Waals surface area contributed by atoms with Crippen molar-refractivity contribution < 1.29 is 4.74 Å². The van der Waals surface area contributed by atoms with Crippen molar-refractivity contribution in [2.75, 3.05) is 0 Å². The van der Waals surface area contributed by atoms with E-state index in [4.69, 9.17) is 11.2 Å². The third kappa shape index (κ3) is 2.16. The predicted molar refractivity (Wildman–Crippen MR) is 69.9 cm³/mol. The summed E-state index contributed by atoms with van der Waals surface area (Å²) in [6, 6.07) is 8.23. The molecule has 1 unspecified atom stereocenters. The molecule has 0 saturated heterocycles. The van der Waals surface area contributed by atoms with Crippen LogP contribution in [-0.4, -0.2) is 11.1 Å². The minimum Gasteiger partial charge on any atom is -0.486 e. The summed E-state index contributed by atoms with van der Waals surface area (Å²) in [5, 5.41) is 3.49. The Kier molecular flexibility index (Phi) is 2.67. The monoisotopic (exact) mass is 229 g/mol. The number of benzene rings is 1. The molecule has 0 bridgehead atoms. The quantitative estimate of drug-likeness (QED) is 0.787. The van der Waals surface area contributed by atoms with Crippen molar-refractivity contribution in [3.8, 4) is 18.1 Å². The molecular weight excluding hydrogens is 210 g/mol. The average Bonchev–Trinajstić information content (AvgIpc) is 2.50. The Balaban J connectivity index is 2.36. The first-order chi connectivity index (χ1) is 7.86. The lowest BCUT2D eigenvalue weighted by molar-refractivity contribution is 0.0882. The van der Waals surface area contributed by atoms with Gasteiger partial charge in [-0.05, 0) is 33.8 Å². The summed E-state index contributed by atoms with van der Waals surface area (Å²) in [6.45, 7) is 8.17. The molecular formula is C15H19NO. The second-order valence-electron chi connectivity index (χ2n) is 5.59. The van der Waals surface area contributed by atoms with Gasteiger partial charge in [0.15, 0.2) is 0 Å². The topological polar surface area (TPSA) is 21.3 Å². The van der Waals surface area contributed by atoms with Crippen LogP contribution in [0.3, 0.4) is 0 Å². The van der Waals surface area contributed by atoms with Gasteiger partial charge in [-0.2, -0.15) is 0 Å². The van der Waals surface area contributed by atoms with E-state index in [1.165, 1.54) is 5.56 Å². The van der Waals surface area contributed by atoms with Gasteiger partial charge in [0.25, 0.3) is 0 Å².